The van der Waals surface area contributed by atoms with Gasteiger partial charge >= 0.3 is 0 Å². The van der Waals surface area contributed by atoms with Gasteiger partial charge in [-0.15, -0.1) is 11.3 Å². The minimum absolute atomic E-state index is 0.524. The number of rotatable bonds is 6. The molecule has 1 fully saturated rings. The molecule has 1 saturated carbocycles. The topological polar surface area (TPSA) is 53.9 Å². The van der Waals surface area contributed by atoms with Crippen LogP contribution in [0, 0.1) is 12.8 Å². The molecule has 0 aromatic carbocycles. The van der Waals surface area contributed by atoms with Crippen molar-refractivity contribution < 1.29 is 0 Å². The highest BCUT2D eigenvalue weighted by molar-refractivity contribution is 7.09. The fourth-order valence-corrected chi connectivity index (χ4v) is 4.09. The predicted octanol–water partition coefficient (Wildman–Crippen LogP) is 3.34. The summed E-state index contributed by atoms with van der Waals surface area (Å²) < 4.78 is 0. The Morgan fingerprint density at radius 2 is 2.22 bits per heavy atom. The number of nitrogens with zero attached hydrogens (tertiary/aromatic N) is 4. The Bertz CT molecular complexity index is 601. The van der Waals surface area contributed by atoms with Gasteiger partial charge in [0.15, 0.2) is 0 Å². The predicted molar refractivity (Wildman–Crippen MR) is 94.6 cm³/mol. The van der Waals surface area contributed by atoms with Crippen LogP contribution in [0.2, 0.25) is 0 Å². The lowest BCUT2D eigenvalue weighted by atomic mass is 9.85. The Morgan fingerprint density at radius 1 is 1.30 bits per heavy atom. The van der Waals surface area contributed by atoms with E-state index in [1.54, 1.807) is 17.7 Å². The van der Waals surface area contributed by atoms with Crippen molar-refractivity contribution in [3.05, 3.63) is 34.7 Å². The van der Waals surface area contributed by atoms with Crippen molar-refractivity contribution in [1.82, 2.24) is 19.9 Å². The lowest BCUT2D eigenvalue weighted by Crippen LogP contribution is -2.33. The first-order valence-corrected chi connectivity index (χ1v) is 9.19. The minimum Gasteiger partial charge on any atom is -0.367 e. The Labute approximate surface area is 142 Å². The number of aryl methyl sites for hydroxylation is 1. The van der Waals surface area contributed by atoms with Gasteiger partial charge in [-0.3, -0.25) is 4.90 Å². The van der Waals surface area contributed by atoms with Crippen LogP contribution in [0.4, 0.5) is 5.82 Å². The zero-order valence-corrected chi connectivity index (χ0v) is 14.7. The average Bonchev–Trinajstić information content (AvgIpc) is 3.00. The third-order valence-electron chi connectivity index (χ3n) is 4.40. The molecule has 0 radical (unpaired) electrons. The van der Waals surface area contributed by atoms with Crippen LogP contribution >= 0.6 is 11.3 Å². The molecular weight excluding hydrogens is 306 g/mol. The molecule has 2 heterocycles. The molecule has 124 valence electrons. The molecule has 5 nitrogen and oxygen atoms in total. The van der Waals surface area contributed by atoms with Crippen molar-refractivity contribution in [3.63, 3.8) is 0 Å². The molecule has 2 atom stereocenters. The summed E-state index contributed by atoms with van der Waals surface area (Å²) >= 11 is 1.74. The van der Waals surface area contributed by atoms with E-state index in [1.165, 1.54) is 30.7 Å². The van der Waals surface area contributed by atoms with Crippen molar-refractivity contribution in [1.29, 1.82) is 0 Å². The molecule has 0 unspecified atom stereocenters. The standard InChI is InChI=1S/C17H25N5S/c1-13-8-16(20-12-19-13)21-15-5-3-4-14(9-15)10-22(2)11-17-18-6-7-23-17/h6-8,12,14-15H,3-5,9-11H2,1-2H3,(H,19,20,21)/t14-,15-/m1/s1. The molecule has 0 bridgehead atoms. The summed E-state index contributed by atoms with van der Waals surface area (Å²) in [5, 5.41) is 6.84. The molecule has 1 N–H and O–H groups in total. The smallest absolute Gasteiger partial charge is 0.129 e. The summed E-state index contributed by atoms with van der Waals surface area (Å²) in [5.74, 6) is 1.70. The molecule has 3 rings (SSSR count). The second-order valence-corrected chi connectivity index (χ2v) is 7.52. The first-order valence-electron chi connectivity index (χ1n) is 8.31. The van der Waals surface area contributed by atoms with E-state index in [4.69, 9.17) is 0 Å². The second-order valence-electron chi connectivity index (χ2n) is 6.54. The van der Waals surface area contributed by atoms with Gasteiger partial charge in [-0.2, -0.15) is 0 Å². The maximum atomic E-state index is 4.38. The Morgan fingerprint density at radius 3 is 3.00 bits per heavy atom. The number of hydrogen-bond acceptors (Lipinski definition) is 6. The molecule has 6 heteroatoms. The number of nitrogens with one attached hydrogen (secondary N) is 1. The van der Waals surface area contributed by atoms with Crippen LogP contribution in [-0.2, 0) is 6.54 Å². The molecule has 2 aromatic rings. The van der Waals surface area contributed by atoms with E-state index >= 15 is 0 Å². The lowest BCUT2D eigenvalue weighted by Gasteiger charge is -2.32. The largest absolute Gasteiger partial charge is 0.367 e. The van der Waals surface area contributed by atoms with Gasteiger partial charge in [0, 0.05) is 35.9 Å². The molecule has 1 aliphatic rings. The van der Waals surface area contributed by atoms with Crippen LogP contribution in [0.3, 0.4) is 0 Å². The summed E-state index contributed by atoms with van der Waals surface area (Å²) in [5.41, 5.74) is 1.01. The quantitative estimate of drug-likeness (QED) is 0.880. The first-order chi connectivity index (χ1) is 11.2. The highest BCUT2D eigenvalue weighted by Gasteiger charge is 2.23. The SMILES string of the molecule is Cc1cc(N[C@@H]2CCC[C@@H](CN(C)Cc3nccs3)C2)ncn1. The van der Waals surface area contributed by atoms with Crippen LogP contribution in [-0.4, -0.2) is 39.5 Å². The number of thiazole rings is 1. The summed E-state index contributed by atoms with van der Waals surface area (Å²) in [4.78, 5) is 15.3. The number of hydrogen-bond donors (Lipinski definition) is 1. The van der Waals surface area contributed by atoms with E-state index < -0.39 is 0 Å². The van der Waals surface area contributed by atoms with E-state index in [-0.39, 0.29) is 0 Å². The molecule has 2 aromatic heterocycles. The minimum atomic E-state index is 0.524. The van der Waals surface area contributed by atoms with Crippen LogP contribution in [0.25, 0.3) is 0 Å². The number of aromatic nitrogens is 3. The molecule has 0 amide bonds. The summed E-state index contributed by atoms with van der Waals surface area (Å²) in [6, 6.07) is 2.55. The van der Waals surface area contributed by atoms with Crippen molar-refractivity contribution in [2.24, 2.45) is 5.92 Å². The van der Waals surface area contributed by atoms with E-state index in [9.17, 15) is 0 Å². The zero-order valence-electron chi connectivity index (χ0n) is 13.9. The van der Waals surface area contributed by atoms with Gasteiger partial charge < -0.3 is 5.32 Å². The van der Waals surface area contributed by atoms with Gasteiger partial charge in [-0.1, -0.05) is 6.42 Å². The normalized spacial score (nSPS) is 21.5. The summed E-state index contributed by atoms with van der Waals surface area (Å²) in [6.45, 7) is 4.10. The fraction of sp³-hybridized carbons (Fsp3) is 0.588. The lowest BCUT2D eigenvalue weighted by molar-refractivity contribution is 0.220. The average molecular weight is 331 g/mol. The molecule has 0 aliphatic heterocycles. The van der Waals surface area contributed by atoms with Crippen molar-refractivity contribution in [2.75, 3.05) is 18.9 Å². The van der Waals surface area contributed by atoms with E-state index in [1.807, 2.05) is 24.6 Å². The van der Waals surface area contributed by atoms with Crippen LogP contribution in [0.15, 0.2) is 24.0 Å². The van der Waals surface area contributed by atoms with E-state index in [2.05, 4.69) is 32.2 Å². The Balaban J connectivity index is 1.49. The van der Waals surface area contributed by atoms with Gasteiger partial charge in [0.2, 0.25) is 0 Å². The first kappa shape index (κ1) is 16.3. The van der Waals surface area contributed by atoms with Crippen molar-refractivity contribution in [2.45, 2.75) is 45.2 Å². The molecule has 0 spiro atoms. The molecule has 23 heavy (non-hydrogen) atoms. The maximum Gasteiger partial charge on any atom is 0.129 e. The van der Waals surface area contributed by atoms with Crippen LogP contribution < -0.4 is 5.32 Å². The van der Waals surface area contributed by atoms with Crippen LogP contribution in [0.5, 0.6) is 0 Å². The maximum absolute atomic E-state index is 4.38. The Kier molecular flexibility index (Phi) is 5.56. The molecular formula is C17H25N5S. The molecule has 1 aliphatic carbocycles. The van der Waals surface area contributed by atoms with E-state index in [0.717, 1.165) is 30.5 Å². The van der Waals surface area contributed by atoms with Gasteiger partial charge in [0.25, 0.3) is 0 Å². The van der Waals surface area contributed by atoms with Gasteiger partial charge in [0.1, 0.15) is 17.2 Å². The number of anilines is 1. The zero-order chi connectivity index (χ0) is 16.1. The third kappa shape index (κ3) is 4.97. The highest BCUT2D eigenvalue weighted by Crippen LogP contribution is 2.27. The highest BCUT2D eigenvalue weighted by atomic mass is 32.1. The van der Waals surface area contributed by atoms with Crippen molar-refractivity contribution in [3.8, 4) is 0 Å². The third-order valence-corrected chi connectivity index (χ3v) is 5.16. The summed E-state index contributed by atoms with van der Waals surface area (Å²) in [7, 11) is 2.20. The second kappa shape index (κ2) is 7.84. The molecule has 0 saturated heterocycles. The van der Waals surface area contributed by atoms with E-state index in [0.29, 0.717) is 6.04 Å². The summed E-state index contributed by atoms with van der Waals surface area (Å²) in [6.07, 6.45) is 8.58. The van der Waals surface area contributed by atoms with Gasteiger partial charge in [-0.25, -0.2) is 15.0 Å². The monoisotopic (exact) mass is 331 g/mol. The van der Waals surface area contributed by atoms with Gasteiger partial charge in [0.05, 0.1) is 6.54 Å². The van der Waals surface area contributed by atoms with Crippen LogP contribution in [0.1, 0.15) is 36.4 Å². The van der Waals surface area contributed by atoms with Crippen molar-refractivity contribution >= 4 is 17.2 Å². The van der Waals surface area contributed by atoms with Gasteiger partial charge in [-0.05, 0) is 39.2 Å². The Hall–Kier alpha value is -1.53. The fourth-order valence-electron chi connectivity index (χ4n) is 3.40.